The van der Waals surface area contributed by atoms with E-state index >= 15 is 0 Å². The Hall–Kier alpha value is -1.58. The topological polar surface area (TPSA) is 51.6 Å². The number of hydrogen-bond donors (Lipinski definition) is 0. The average Bonchev–Trinajstić information content (AvgIpc) is 2.05. The molecule has 0 aliphatic rings. The molecule has 0 aromatic carbocycles. The minimum atomic E-state index is 0.769. The van der Waals surface area contributed by atoms with E-state index in [-0.39, 0.29) is 0 Å². The third-order valence-corrected chi connectivity index (χ3v) is 1.18. The van der Waals surface area contributed by atoms with Crippen molar-refractivity contribution in [3.05, 3.63) is 24.7 Å². The quantitative estimate of drug-likeness (QED) is 0.513. The molecular weight excluding hydrogens is 128 g/mol. The molecule has 0 saturated carbocycles. The fourth-order valence-corrected chi connectivity index (χ4v) is 0.703. The van der Waals surface area contributed by atoms with Crippen LogP contribution in [0.25, 0.3) is 10.9 Å². The lowest BCUT2D eigenvalue weighted by Crippen LogP contribution is -1.86. The summed E-state index contributed by atoms with van der Waals surface area (Å²) in [5, 5.41) is 11.7. The smallest absolute Gasteiger partial charge is 0.100 e. The molecule has 0 N–H and O–H groups in total. The van der Waals surface area contributed by atoms with E-state index < -0.39 is 0 Å². The van der Waals surface area contributed by atoms with Crippen LogP contribution in [0.1, 0.15) is 0 Å². The normalized spacial score (nSPS) is 10.0. The molecule has 0 atom stereocenters. The molecule has 2 aromatic rings. The third kappa shape index (κ3) is 0.699. The molecule has 4 heteroatoms. The van der Waals surface area contributed by atoms with Crippen molar-refractivity contribution >= 4 is 10.9 Å². The van der Waals surface area contributed by atoms with Crippen LogP contribution in [0.3, 0.4) is 0 Å². The fraction of sp³-hybridized carbons (Fsp3) is 0. The lowest BCUT2D eigenvalue weighted by atomic mass is 10.3. The van der Waals surface area contributed by atoms with E-state index in [4.69, 9.17) is 0 Å². The van der Waals surface area contributed by atoms with Crippen molar-refractivity contribution in [3.63, 3.8) is 0 Å². The van der Waals surface area contributed by atoms with E-state index in [1.54, 1.807) is 18.5 Å². The van der Waals surface area contributed by atoms with Crippen LogP contribution in [0, 0.1) is 6.20 Å². The van der Waals surface area contributed by atoms with E-state index in [2.05, 4.69) is 26.6 Å². The fourth-order valence-electron chi connectivity index (χ4n) is 0.703. The molecule has 10 heavy (non-hydrogen) atoms. The summed E-state index contributed by atoms with van der Waals surface area (Å²) in [6, 6.07) is 1.67. The van der Waals surface area contributed by atoms with Crippen LogP contribution < -0.4 is 0 Å². The molecule has 0 fully saturated rings. The van der Waals surface area contributed by atoms with E-state index in [0.717, 1.165) is 10.9 Å². The van der Waals surface area contributed by atoms with Crippen molar-refractivity contribution in [1.29, 1.82) is 0 Å². The summed E-state index contributed by atoms with van der Waals surface area (Å²) in [4.78, 5) is 3.78. The van der Waals surface area contributed by atoms with Gasteiger partial charge in [-0.2, -0.15) is 0 Å². The van der Waals surface area contributed by atoms with Gasteiger partial charge in [-0.15, -0.1) is 10.2 Å². The van der Waals surface area contributed by atoms with Gasteiger partial charge in [-0.3, -0.25) is 4.98 Å². The first-order chi connectivity index (χ1) is 4.97. The zero-order valence-electron chi connectivity index (χ0n) is 5.02. The summed E-state index contributed by atoms with van der Waals surface area (Å²) in [7, 11) is 0. The van der Waals surface area contributed by atoms with Crippen LogP contribution in [0.4, 0.5) is 0 Å². The van der Waals surface area contributed by atoms with Gasteiger partial charge in [0, 0.05) is 11.6 Å². The summed E-state index contributed by atoms with van der Waals surface area (Å²) < 4.78 is 0. The van der Waals surface area contributed by atoms with Gasteiger partial charge in [0.05, 0.1) is 12.4 Å². The zero-order chi connectivity index (χ0) is 6.81. The first-order valence-electron chi connectivity index (χ1n) is 2.77. The Morgan fingerprint density at radius 3 is 3.20 bits per heavy atom. The lowest BCUT2D eigenvalue weighted by molar-refractivity contribution is 0.894. The summed E-state index contributed by atoms with van der Waals surface area (Å²) >= 11 is 0. The standard InChI is InChI=1S/C6H3N4/c1-2-7-3-5-4-8-10-9-6(1)5/h1,3-4H. The number of fused-ring (bicyclic) bond motifs is 1. The van der Waals surface area contributed by atoms with Crippen molar-refractivity contribution in [3.8, 4) is 0 Å². The Morgan fingerprint density at radius 1 is 1.30 bits per heavy atom. The van der Waals surface area contributed by atoms with Gasteiger partial charge in [-0.25, -0.2) is 0 Å². The molecule has 0 bridgehead atoms. The second-order valence-corrected chi connectivity index (χ2v) is 1.81. The first-order valence-corrected chi connectivity index (χ1v) is 2.77. The summed E-state index contributed by atoms with van der Waals surface area (Å²) in [5.41, 5.74) is 0.769. The Kier molecular flexibility index (Phi) is 1.04. The monoisotopic (exact) mass is 131 g/mol. The maximum Gasteiger partial charge on any atom is 0.100 e. The first kappa shape index (κ1) is 5.22. The molecule has 0 amide bonds. The second kappa shape index (κ2) is 1.98. The highest BCUT2D eigenvalue weighted by molar-refractivity contribution is 5.74. The lowest BCUT2D eigenvalue weighted by Gasteiger charge is -1.88. The Labute approximate surface area is 56.9 Å². The molecule has 0 saturated heterocycles. The van der Waals surface area contributed by atoms with Gasteiger partial charge in [0.15, 0.2) is 0 Å². The Morgan fingerprint density at radius 2 is 2.30 bits per heavy atom. The van der Waals surface area contributed by atoms with Gasteiger partial charge in [-0.1, -0.05) is 0 Å². The molecule has 0 aliphatic heterocycles. The minimum absolute atomic E-state index is 0.769. The zero-order valence-corrected chi connectivity index (χ0v) is 5.02. The van der Waals surface area contributed by atoms with Crippen molar-refractivity contribution in [2.24, 2.45) is 0 Å². The SMILES string of the molecule is [c]1cc2nnncc2cn1. The summed E-state index contributed by atoms with van der Waals surface area (Å²) in [5.74, 6) is 0. The molecule has 2 rings (SSSR count). The average molecular weight is 131 g/mol. The molecule has 0 unspecified atom stereocenters. The summed E-state index contributed by atoms with van der Waals surface area (Å²) in [6.45, 7) is 0. The van der Waals surface area contributed by atoms with Gasteiger partial charge < -0.3 is 0 Å². The highest BCUT2D eigenvalue weighted by atomic mass is 15.3. The van der Waals surface area contributed by atoms with Crippen LogP contribution >= 0.6 is 0 Å². The number of pyridine rings is 1. The summed E-state index contributed by atoms with van der Waals surface area (Å²) in [6.07, 6.45) is 5.92. The van der Waals surface area contributed by atoms with Crippen LogP contribution in [-0.4, -0.2) is 20.4 Å². The van der Waals surface area contributed by atoms with Crippen molar-refractivity contribution < 1.29 is 0 Å². The predicted octanol–water partition coefficient (Wildman–Crippen LogP) is 0.220. The molecule has 1 radical (unpaired) electrons. The molecule has 47 valence electrons. The predicted molar refractivity (Wildman–Crippen MR) is 34.0 cm³/mol. The van der Waals surface area contributed by atoms with Gasteiger partial charge in [0.25, 0.3) is 0 Å². The molecular formula is C6H3N4. The van der Waals surface area contributed by atoms with Gasteiger partial charge >= 0.3 is 0 Å². The molecule has 2 aromatic heterocycles. The van der Waals surface area contributed by atoms with Gasteiger partial charge in [0.2, 0.25) is 0 Å². The third-order valence-electron chi connectivity index (χ3n) is 1.18. The molecule has 2 heterocycles. The highest BCUT2D eigenvalue weighted by Gasteiger charge is 1.90. The number of rotatable bonds is 0. The number of nitrogens with zero attached hydrogens (tertiary/aromatic N) is 4. The van der Waals surface area contributed by atoms with Crippen molar-refractivity contribution in [2.45, 2.75) is 0 Å². The van der Waals surface area contributed by atoms with Crippen LogP contribution in [0.5, 0.6) is 0 Å². The van der Waals surface area contributed by atoms with Crippen molar-refractivity contribution in [1.82, 2.24) is 20.4 Å². The minimum Gasteiger partial charge on any atom is -0.254 e. The second-order valence-electron chi connectivity index (χ2n) is 1.81. The number of hydrogen-bond acceptors (Lipinski definition) is 4. The van der Waals surface area contributed by atoms with Gasteiger partial charge in [0.1, 0.15) is 5.52 Å². The number of aromatic nitrogens is 4. The van der Waals surface area contributed by atoms with E-state index in [9.17, 15) is 0 Å². The maximum absolute atomic E-state index is 3.78. The Bertz CT molecular complexity index is 281. The molecule has 4 nitrogen and oxygen atoms in total. The van der Waals surface area contributed by atoms with E-state index in [1.165, 1.54) is 0 Å². The van der Waals surface area contributed by atoms with Crippen LogP contribution in [0.2, 0.25) is 0 Å². The van der Waals surface area contributed by atoms with E-state index in [0.29, 0.717) is 0 Å². The van der Waals surface area contributed by atoms with Gasteiger partial charge in [-0.05, 0) is 11.3 Å². The largest absolute Gasteiger partial charge is 0.254 e. The van der Waals surface area contributed by atoms with E-state index in [1.807, 2.05) is 0 Å². The maximum atomic E-state index is 3.78. The van der Waals surface area contributed by atoms with Crippen LogP contribution in [0.15, 0.2) is 18.5 Å². The molecule has 0 aliphatic carbocycles. The highest BCUT2D eigenvalue weighted by Crippen LogP contribution is 2.02. The van der Waals surface area contributed by atoms with Crippen molar-refractivity contribution in [2.75, 3.05) is 0 Å². The Balaban J connectivity index is 2.89. The molecule has 0 spiro atoms. The van der Waals surface area contributed by atoms with Crippen LogP contribution in [-0.2, 0) is 0 Å².